The van der Waals surface area contributed by atoms with Gasteiger partial charge in [0, 0.05) is 48.4 Å². The second kappa shape index (κ2) is 11.4. The minimum absolute atomic E-state index is 0.0327. The Hall–Kier alpha value is -3.70. The van der Waals surface area contributed by atoms with Gasteiger partial charge in [0.1, 0.15) is 0 Å². The van der Waals surface area contributed by atoms with Gasteiger partial charge in [0.05, 0.1) is 15.9 Å². The minimum atomic E-state index is -3.80. The molecule has 3 N–H and O–H groups in total. The quantitative estimate of drug-likeness (QED) is 0.160. The van der Waals surface area contributed by atoms with E-state index in [0.717, 1.165) is 16.5 Å². The largest absolute Gasteiger partial charge is 0.388 e. The van der Waals surface area contributed by atoms with Crippen molar-refractivity contribution in [3.8, 4) is 11.1 Å². The number of aliphatic hydroxyl groups is 1. The molecule has 0 amide bonds. The fourth-order valence-electron chi connectivity index (χ4n) is 3.89. The molecule has 0 fully saturated rings. The fourth-order valence-corrected chi connectivity index (χ4v) is 5.18. The molecule has 0 unspecified atom stereocenters. The van der Waals surface area contributed by atoms with Crippen molar-refractivity contribution < 1.29 is 18.4 Å². The number of non-ortho nitro benzene ring substituents is 1. The van der Waals surface area contributed by atoms with Crippen LogP contribution in [-0.2, 0) is 10.0 Å². The Morgan fingerprint density at radius 1 is 0.944 bits per heavy atom. The third kappa shape index (κ3) is 6.10. The van der Waals surface area contributed by atoms with Gasteiger partial charge in [-0.25, -0.2) is 13.1 Å². The molecule has 1 heterocycles. The molecule has 0 aliphatic carbocycles. The van der Waals surface area contributed by atoms with E-state index in [1.807, 2.05) is 36.4 Å². The van der Waals surface area contributed by atoms with Crippen molar-refractivity contribution in [1.82, 2.24) is 15.0 Å². The molecule has 36 heavy (non-hydrogen) atoms. The van der Waals surface area contributed by atoms with Crippen LogP contribution >= 0.6 is 0 Å². The summed E-state index contributed by atoms with van der Waals surface area (Å²) in [7, 11) is -3.80. The normalized spacial score (nSPS) is 12.5. The predicted octanol–water partition coefficient (Wildman–Crippen LogP) is 3.80. The van der Waals surface area contributed by atoms with Crippen LogP contribution in [0, 0.1) is 10.1 Å². The summed E-state index contributed by atoms with van der Waals surface area (Å²) in [5.74, 6) is 0. The van der Waals surface area contributed by atoms with Crippen molar-refractivity contribution in [2.45, 2.75) is 17.4 Å². The van der Waals surface area contributed by atoms with E-state index < -0.39 is 21.1 Å². The Bertz CT molecular complexity index is 1440. The molecule has 0 aliphatic rings. The van der Waals surface area contributed by atoms with Crippen molar-refractivity contribution in [3.63, 3.8) is 0 Å². The molecule has 186 valence electrons. The predicted molar refractivity (Wildman–Crippen MR) is 138 cm³/mol. The number of nitrogens with one attached hydrogen (secondary N) is 2. The van der Waals surface area contributed by atoms with E-state index in [1.54, 1.807) is 24.5 Å². The van der Waals surface area contributed by atoms with Gasteiger partial charge < -0.3 is 10.4 Å². The first-order chi connectivity index (χ1) is 17.3. The number of aliphatic hydroxyl groups excluding tert-OH is 1. The molecular weight excluding hydrogens is 480 g/mol. The van der Waals surface area contributed by atoms with Gasteiger partial charge in [-0.15, -0.1) is 0 Å². The number of rotatable bonds is 11. The van der Waals surface area contributed by atoms with Gasteiger partial charge in [0.15, 0.2) is 0 Å². The molecule has 4 rings (SSSR count). The zero-order valence-corrected chi connectivity index (χ0v) is 20.2. The monoisotopic (exact) mass is 506 g/mol. The summed E-state index contributed by atoms with van der Waals surface area (Å²) in [6.45, 7) is 0.972. The molecule has 0 bridgehead atoms. The molecule has 1 aromatic heterocycles. The zero-order chi connectivity index (χ0) is 25.5. The molecule has 0 aliphatic heterocycles. The van der Waals surface area contributed by atoms with Crippen molar-refractivity contribution in [3.05, 3.63) is 101 Å². The molecule has 0 saturated heterocycles. The second-order valence-corrected chi connectivity index (χ2v) is 9.97. The molecule has 0 spiro atoms. The maximum Gasteiger partial charge on any atom is 0.269 e. The van der Waals surface area contributed by atoms with E-state index in [-0.39, 0.29) is 17.1 Å². The molecule has 9 nitrogen and oxygen atoms in total. The van der Waals surface area contributed by atoms with Gasteiger partial charge in [-0.1, -0.05) is 30.3 Å². The topological polar surface area (TPSA) is 134 Å². The lowest BCUT2D eigenvalue weighted by molar-refractivity contribution is -0.384. The van der Waals surface area contributed by atoms with E-state index >= 15 is 0 Å². The maximum atomic E-state index is 13.2. The fraction of sp³-hybridized carbons (Fsp3) is 0.192. The minimum Gasteiger partial charge on any atom is -0.388 e. The number of sulfonamides is 1. The standard InChI is InChI=1S/C26H26N4O5S/c31-25(20-6-8-23(9-7-20)30(32)33)11-13-27-14-15-29-36(34,35)26-17-21(19-4-2-1-3-5-19)16-22-18-28-12-10-24(22)26/h1-10,12,16-18,25,27,29,31H,11,13-15H2/t25-/m1/s1. The first-order valence-corrected chi connectivity index (χ1v) is 12.9. The van der Waals surface area contributed by atoms with E-state index in [4.69, 9.17) is 0 Å². The molecule has 0 radical (unpaired) electrons. The third-order valence-corrected chi connectivity index (χ3v) is 7.29. The summed E-state index contributed by atoms with van der Waals surface area (Å²) in [6, 6.07) is 20.6. The van der Waals surface area contributed by atoms with Crippen LogP contribution in [0.15, 0.2) is 90.1 Å². The highest BCUT2D eigenvalue weighted by Crippen LogP contribution is 2.30. The average Bonchev–Trinajstić information content (AvgIpc) is 2.90. The van der Waals surface area contributed by atoms with Crippen molar-refractivity contribution in [1.29, 1.82) is 0 Å². The Morgan fingerprint density at radius 2 is 1.69 bits per heavy atom. The summed E-state index contributed by atoms with van der Waals surface area (Å²) in [5, 5.41) is 25.5. The Morgan fingerprint density at radius 3 is 2.42 bits per heavy atom. The lowest BCUT2D eigenvalue weighted by Gasteiger charge is -2.13. The number of aromatic nitrogens is 1. The van der Waals surface area contributed by atoms with Crippen molar-refractivity contribution >= 4 is 26.5 Å². The number of nitrogens with zero attached hydrogens (tertiary/aromatic N) is 2. The third-order valence-electron chi connectivity index (χ3n) is 5.79. The first-order valence-electron chi connectivity index (χ1n) is 11.4. The number of hydrogen-bond donors (Lipinski definition) is 3. The van der Waals surface area contributed by atoms with Gasteiger partial charge in [-0.05, 0) is 60.0 Å². The second-order valence-electron chi connectivity index (χ2n) is 8.24. The van der Waals surface area contributed by atoms with Crippen LogP contribution in [0.2, 0.25) is 0 Å². The molecule has 4 aromatic rings. The number of nitro benzene ring substituents is 1. The molecule has 3 aromatic carbocycles. The molecular formula is C26H26N4O5S. The number of benzene rings is 3. The summed E-state index contributed by atoms with van der Waals surface area (Å²) in [5.41, 5.74) is 2.25. The van der Waals surface area contributed by atoms with E-state index in [1.165, 1.54) is 24.3 Å². The van der Waals surface area contributed by atoms with Crippen LogP contribution in [0.5, 0.6) is 0 Å². The summed E-state index contributed by atoms with van der Waals surface area (Å²) in [6.07, 6.45) is 2.82. The first kappa shape index (κ1) is 25.4. The summed E-state index contributed by atoms with van der Waals surface area (Å²) >= 11 is 0. The van der Waals surface area contributed by atoms with E-state index in [0.29, 0.717) is 30.5 Å². The van der Waals surface area contributed by atoms with Gasteiger partial charge in [-0.2, -0.15) is 0 Å². The average molecular weight is 507 g/mol. The summed E-state index contributed by atoms with van der Waals surface area (Å²) in [4.78, 5) is 14.6. The van der Waals surface area contributed by atoms with Crippen LogP contribution in [0.25, 0.3) is 21.9 Å². The highest BCUT2D eigenvalue weighted by atomic mass is 32.2. The van der Waals surface area contributed by atoms with Crippen LogP contribution in [-0.4, -0.2) is 43.1 Å². The highest BCUT2D eigenvalue weighted by molar-refractivity contribution is 7.89. The Balaban J connectivity index is 1.35. The number of pyridine rings is 1. The SMILES string of the molecule is O=[N+]([O-])c1ccc([C@H](O)CCNCCNS(=O)(=O)c2cc(-c3ccccc3)cc3cnccc23)cc1. The van der Waals surface area contributed by atoms with Gasteiger partial charge in [-0.3, -0.25) is 15.1 Å². The summed E-state index contributed by atoms with van der Waals surface area (Å²) < 4.78 is 29.0. The van der Waals surface area contributed by atoms with Crippen molar-refractivity contribution in [2.75, 3.05) is 19.6 Å². The Labute approximate surface area is 209 Å². The van der Waals surface area contributed by atoms with Gasteiger partial charge in [0.25, 0.3) is 5.69 Å². The van der Waals surface area contributed by atoms with Gasteiger partial charge >= 0.3 is 0 Å². The number of hydrogen-bond acceptors (Lipinski definition) is 7. The van der Waals surface area contributed by atoms with Crippen LogP contribution in [0.1, 0.15) is 18.1 Å². The van der Waals surface area contributed by atoms with Crippen molar-refractivity contribution in [2.24, 2.45) is 0 Å². The number of fused-ring (bicyclic) bond motifs is 1. The van der Waals surface area contributed by atoms with E-state index in [9.17, 15) is 23.6 Å². The molecule has 0 saturated carbocycles. The van der Waals surface area contributed by atoms with E-state index in [2.05, 4.69) is 15.0 Å². The lowest BCUT2D eigenvalue weighted by Crippen LogP contribution is -2.32. The maximum absolute atomic E-state index is 13.2. The highest BCUT2D eigenvalue weighted by Gasteiger charge is 2.19. The lowest BCUT2D eigenvalue weighted by atomic mass is 10.0. The van der Waals surface area contributed by atoms with Crippen LogP contribution in [0.4, 0.5) is 5.69 Å². The molecule has 1 atom stereocenters. The Kier molecular flexibility index (Phi) is 8.01. The van der Waals surface area contributed by atoms with Crippen LogP contribution in [0.3, 0.4) is 0 Å². The van der Waals surface area contributed by atoms with Gasteiger partial charge in [0.2, 0.25) is 10.0 Å². The van der Waals surface area contributed by atoms with Crippen LogP contribution < -0.4 is 10.0 Å². The smallest absolute Gasteiger partial charge is 0.269 e. The molecule has 10 heteroatoms. The zero-order valence-electron chi connectivity index (χ0n) is 19.4. The number of nitro groups is 1.